The van der Waals surface area contributed by atoms with Crippen LogP contribution in [-0.4, -0.2) is 41.9 Å². The highest BCUT2D eigenvalue weighted by atomic mass is 32.1. The lowest BCUT2D eigenvalue weighted by Crippen LogP contribution is -2.44. The molecule has 6 N–H and O–H groups in total. The predicted molar refractivity (Wildman–Crippen MR) is 78.1 cm³/mol. The van der Waals surface area contributed by atoms with Crippen molar-refractivity contribution >= 4 is 24.5 Å². The molecule has 0 aromatic carbocycles. The number of carbonyl (C=O) groups is 2. The number of hydrogen-bond donors (Lipinski definition) is 5. The van der Waals surface area contributed by atoms with Gasteiger partial charge in [-0.3, -0.25) is 4.79 Å². The first-order chi connectivity index (χ1) is 9.06. The van der Waals surface area contributed by atoms with Gasteiger partial charge >= 0.3 is 5.97 Å². The molecule has 0 spiro atoms. The minimum atomic E-state index is -1.01. The number of thiol groups is 1. The molecular weight excluding hydrogens is 266 g/mol. The topological polar surface area (TPSA) is 118 Å². The SMILES string of the molecule is NCCCC[C@H](NC(=O)C(CS)CCCN)C(=O)O. The first-order valence-corrected chi connectivity index (χ1v) is 7.24. The second-order valence-corrected chi connectivity index (χ2v) is 4.86. The van der Waals surface area contributed by atoms with Gasteiger partial charge in [-0.2, -0.15) is 12.6 Å². The molecule has 0 rings (SSSR count). The van der Waals surface area contributed by atoms with Crippen LogP contribution in [0.5, 0.6) is 0 Å². The number of hydrogen-bond acceptors (Lipinski definition) is 5. The van der Waals surface area contributed by atoms with Crippen LogP contribution in [0.4, 0.5) is 0 Å². The van der Waals surface area contributed by atoms with Crippen LogP contribution in [0.25, 0.3) is 0 Å². The summed E-state index contributed by atoms with van der Waals surface area (Å²) < 4.78 is 0. The molecule has 0 aliphatic heterocycles. The van der Waals surface area contributed by atoms with Crippen LogP contribution in [0.1, 0.15) is 32.1 Å². The maximum absolute atomic E-state index is 11.9. The van der Waals surface area contributed by atoms with Gasteiger partial charge in [0.1, 0.15) is 6.04 Å². The minimum Gasteiger partial charge on any atom is -0.480 e. The van der Waals surface area contributed by atoms with Gasteiger partial charge in [0.05, 0.1) is 0 Å². The Morgan fingerprint density at radius 3 is 2.21 bits per heavy atom. The zero-order chi connectivity index (χ0) is 14.7. The molecule has 0 aliphatic rings. The van der Waals surface area contributed by atoms with Crippen molar-refractivity contribution in [3.63, 3.8) is 0 Å². The molecule has 2 atom stereocenters. The van der Waals surface area contributed by atoms with Crippen molar-refractivity contribution in [2.75, 3.05) is 18.8 Å². The molecule has 7 heteroatoms. The van der Waals surface area contributed by atoms with Crippen LogP contribution in [0.2, 0.25) is 0 Å². The molecule has 1 amide bonds. The highest BCUT2D eigenvalue weighted by Crippen LogP contribution is 2.10. The summed E-state index contributed by atoms with van der Waals surface area (Å²) in [6, 6.07) is -0.848. The van der Waals surface area contributed by atoms with Gasteiger partial charge in [0, 0.05) is 11.7 Å². The Morgan fingerprint density at radius 2 is 1.74 bits per heavy atom. The van der Waals surface area contributed by atoms with Crippen molar-refractivity contribution < 1.29 is 14.7 Å². The van der Waals surface area contributed by atoms with Crippen LogP contribution in [0.3, 0.4) is 0 Å². The summed E-state index contributed by atoms with van der Waals surface area (Å²) in [5.74, 6) is -1.17. The molecule has 112 valence electrons. The predicted octanol–water partition coefficient (Wildman–Crippen LogP) is -0.0303. The molecule has 0 aromatic rings. The molecule has 0 saturated heterocycles. The van der Waals surface area contributed by atoms with Gasteiger partial charge in [0.15, 0.2) is 0 Å². The number of nitrogens with two attached hydrogens (primary N) is 2. The van der Waals surface area contributed by atoms with Gasteiger partial charge in [0.25, 0.3) is 0 Å². The fraction of sp³-hybridized carbons (Fsp3) is 0.833. The fourth-order valence-corrected chi connectivity index (χ4v) is 2.06. The van der Waals surface area contributed by atoms with Crippen molar-refractivity contribution in [1.82, 2.24) is 5.32 Å². The lowest BCUT2D eigenvalue weighted by atomic mass is 10.0. The van der Waals surface area contributed by atoms with E-state index in [1.54, 1.807) is 0 Å². The lowest BCUT2D eigenvalue weighted by molar-refractivity contribution is -0.142. The Kier molecular flexibility index (Phi) is 10.6. The smallest absolute Gasteiger partial charge is 0.326 e. The second kappa shape index (κ2) is 11.1. The van der Waals surface area contributed by atoms with E-state index in [2.05, 4.69) is 17.9 Å². The highest BCUT2D eigenvalue weighted by Gasteiger charge is 2.23. The van der Waals surface area contributed by atoms with E-state index in [1.165, 1.54) is 0 Å². The average Bonchev–Trinajstić information content (AvgIpc) is 2.38. The fourth-order valence-electron chi connectivity index (χ4n) is 1.71. The summed E-state index contributed by atoms with van der Waals surface area (Å²) in [5, 5.41) is 11.6. The number of carboxylic acids is 1. The van der Waals surface area contributed by atoms with Gasteiger partial charge in [0.2, 0.25) is 5.91 Å². The van der Waals surface area contributed by atoms with Crippen LogP contribution < -0.4 is 16.8 Å². The summed E-state index contributed by atoms with van der Waals surface area (Å²) in [6.07, 6.45) is 3.18. The van der Waals surface area contributed by atoms with E-state index in [0.717, 1.165) is 12.8 Å². The van der Waals surface area contributed by atoms with E-state index in [1.807, 2.05) is 0 Å². The third kappa shape index (κ3) is 8.07. The molecule has 0 aromatic heterocycles. The quantitative estimate of drug-likeness (QED) is 0.270. The van der Waals surface area contributed by atoms with Crippen molar-refractivity contribution in [2.24, 2.45) is 17.4 Å². The molecule has 0 saturated carbocycles. The van der Waals surface area contributed by atoms with Crippen LogP contribution in [0, 0.1) is 5.92 Å². The van der Waals surface area contributed by atoms with E-state index in [0.29, 0.717) is 38.1 Å². The van der Waals surface area contributed by atoms with E-state index < -0.39 is 12.0 Å². The Morgan fingerprint density at radius 1 is 1.11 bits per heavy atom. The standard InChI is InChI=1S/C12H25N3O3S/c13-6-2-1-5-10(12(17)18)15-11(16)9(8-19)4-3-7-14/h9-10,19H,1-8,13-14H2,(H,15,16)(H,17,18)/t9?,10-/m0/s1. The summed E-state index contributed by atoms with van der Waals surface area (Å²) in [7, 11) is 0. The Hall–Kier alpha value is -0.790. The number of nitrogens with one attached hydrogen (secondary N) is 1. The molecule has 1 unspecified atom stereocenters. The number of unbranched alkanes of at least 4 members (excludes halogenated alkanes) is 1. The summed E-state index contributed by atoms with van der Waals surface area (Å²) in [4.78, 5) is 23.0. The summed E-state index contributed by atoms with van der Waals surface area (Å²) in [6.45, 7) is 1.03. The van der Waals surface area contributed by atoms with Gasteiger partial charge in [-0.1, -0.05) is 0 Å². The average molecular weight is 291 g/mol. The number of carboxylic acid groups (broad SMARTS) is 1. The largest absolute Gasteiger partial charge is 0.480 e. The summed E-state index contributed by atoms with van der Waals surface area (Å²) >= 11 is 4.12. The third-order valence-corrected chi connectivity index (χ3v) is 3.35. The van der Waals surface area contributed by atoms with Gasteiger partial charge < -0.3 is 21.9 Å². The summed E-state index contributed by atoms with van der Waals surface area (Å²) in [5.41, 5.74) is 10.8. The number of aliphatic carboxylic acids is 1. The normalized spacial score (nSPS) is 13.8. The lowest BCUT2D eigenvalue weighted by Gasteiger charge is -2.19. The molecule has 0 fully saturated rings. The monoisotopic (exact) mass is 291 g/mol. The third-order valence-electron chi connectivity index (χ3n) is 2.91. The zero-order valence-electron chi connectivity index (χ0n) is 11.2. The van der Waals surface area contributed by atoms with Crippen LogP contribution >= 0.6 is 12.6 Å². The van der Waals surface area contributed by atoms with E-state index in [-0.39, 0.29) is 11.8 Å². The number of carbonyl (C=O) groups excluding carboxylic acids is 1. The maximum Gasteiger partial charge on any atom is 0.326 e. The van der Waals surface area contributed by atoms with Gasteiger partial charge in [-0.15, -0.1) is 0 Å². The van der Waals surface area contributed by atoms with Crippen molar-refractivity contribution in [1.29, 1.82) is 0 Å². The molecule has 6 nitrogen and oxygen atoms in total. The Labute approximate surface area is 119 Å². The Balaban J connectivity index is 4.30. The molecule has 19 heavy (non-hydrogen) atoms. The van der Waals surface area contributed by atoms with Crippen molar-refractivity contribution in [3.8, 4) is 0 Å². The first-order valence-electron chi connectivity index (χ1n) is 6.61. The maximum atomic E-state index is 11.9. The van der Waals surface area contributed by atoms with E-state index in [4.69, 9.17) is 16.6 Å². The van der Waals surface area contributed by atoms with Crippen molar-refractivity contribution in [3.05, 3.63) is 0 Å². The van der Waals surface area contributed by atoms with Gasteiger partial charge in [-0.05, 0) is 45.2 Å². The molecule has 0 heterocycles. The van der Waals surface area contributed by atoms with E-state index >= 15 is 0 Å². The minimum absolute atomic E-state index is 0.261. The van der Waals surface area contributed by atoms with E-state index in [9.17, 15) is 9.59 Å². The number of rotatable bonds is 11. The second-order valence-electron chi connectivity index (χ2n) is 4.49. The molecule has 0 radical (unpaired) electrons. The highest BCUT2D eigenvalue weighted by molar-refractivity contribution is 7.80. The zero-order valence-corrected chi connectivity index (χ0v) is 12.1. The molecular formula is C12H25N3O3S. The van der Waals surface area contributed by atoms with Crippen LogP contribution in [-0.2, 0) is 9.59 Å². The molecule has 0 aliphatic carbocycles. The van der Waals surface area contributed by atoms with Crippen LogP contribution in [0.15, 0.2) is 0 Å². The van der Waals surface area contributed by atoms with Gasteiger partial charge in [-0.25, -0.2) is 4.79 Å². The Bertz CT molecular complexity index is 277. The van der Waals surface area contributed by atoms with Crippen molar-refractivity contribution in [2.45, 2.75) is 38.1 Å². The molecule has 0 bridgehead atoms. The number of amides is 1. The first kappa shape index (κ1) is 18.2.